The number of aromatic nitrogens is 2. The van der Waals surface area contributed by atoms with Crippen LogP contribution in [-0.2, 0) is 27.4 Å². The maximum atomic E-state index is 13.3. The number of nitrogens with zero attached hydrogens (tertiary/aromatic N) is 2. The van der Waals surface area contributed by atoms with Gasteiger partial charge in [0.25, 0.3) is 10.0 Å². The van der Waals surface area contributed by atoms with Crippen molar-refractivity contribution in [3.63, 3.8) is 0 Å². The lowest BCUT2D eigenvalue weighted by Crippen LogP contribution is -2.38. The van der Waals surface area contributed by atoms with Crippen molar-refractivity contribution < 1.29 is 31.1 Å². The van der Waals surface area contributed by atoms with Gasteiger partial charge in [-0.05, 0) is 54.3 Å². The van der Waals surface area contributed by atoms with Crippen LogP contribution in [0.4, 0.5) is 19.1 Å². The second-order valence-corrected chi connectivity index (χ2v) is 9.84. The van der Waals surface area contributed by atoms with Crippen molar-refractivity contribution in [1.82, 2.24) is 9.97 Å². The molecule has 0 bridgehead atoms. The lowest BCUT2D eigenvalue weighted by molar-refractivity contribution is -0.138. The van der Waals surface area contributed by atoms with Crippen LogP contribution in [-0.4, -0.2) is 37.7 Å². The fourth-order valence-corrected chi connectivity index (χ4v) is 5.19. The molecule has 2 aromatic carbocycles. The molecule has 178 valence electrons. The lowest BCUT2D eigenvalue weighted by Gasteiger charge is -2.29. The molecule has 1 aliphatic heterocycles. The molecule has 7 nitrogen and oxygen atoms in total. The molecular weight excluding hydrogens is 471 g/mol. The van der Waals surface area contributed by atoms with Crippen LogP contribution in [0.5, 0.6) is 5.75 Å². The van der Waals surface area contributed by atoms with E-state index in [1.807, 2.05) is 0 Å². The Morgan fingerprint density at radius 1 is 1.03 bits per heavy atom. The molecule has 34 heavy (non-hydrogen) atoms. The standard InChI is InChI=1S/C23H20F3N3O4S/c24-23(25,26)15-3-6-20(21(11-15)33-16-12-32-13-16)19-5-2-14-10-17(4-7-18(14)19)34(30,31)29-22-27-8-1-9-28-22/h1,3-4,6-11,16,19H,2,5,12-13H2,(H,27,28,29)/t19-/m1/s1. The van der Waals surface area contributed by atoms with Crippen LogP contribution in [0.25, 0.3) is 0 Å². The van der Waals surface area contributed by atoms with Gasteiger partial charge in [0, 0.05) is 23.9 Å². The molecule has 1 atom stereocenters. The van der Waals surface area contributed by atoms with Crippen molar-refractivity contribution in [3.8, 4) is 5.75 Å². The number of halogens is 3. The predicted molar refractivity (Wildman–Crippen MR) is 116 cm³/mol. The lowest BCUT2D eigenvalue weighted by atomic mass is 9.91. The Balaban J connectivity index is 1.46. The van der Waals surface area contributed by atoms with Gasteiger partial charge in [-0.3, -0.25) is 0 Å². The Morgan fingerprint density at radius 3 is 2.44 bits per heavy atom. The molecule has 2 aliphatic rings. The van der Waals surface area contributed by atoms with Crippen LogP contribution >= 0.6 is 0 Å². The summed E-state index contributed by atoms with van der Waals surface area (Å²) >= 11 is 0. The first-order valence-electron chi connectivity index (χ1n) is 10.6. The third kappa shape index (κ3) is 4.45. The zero-order valence-corrected chi connectivity index (χ0v) is 18.6. The van der Waals surface area contributed by atoms with E-state index in [9.17, 15) is 21.6 Å². The van der Waals surface area contributed by atoms with Crippen molar-refractivity contribution >= 4 is 16.0 Å². The highest BCUT2D eigenvalue weighted by atomic mass is 32.2. The van der Waals surface area contributed by atoms with Crippen LogP contribution in [0.15, 0.2) is 59.8 Å². The van der Waals surface area contributed by atoms with Gasteiger partial charge in [-0.1, -0.05) is 12.1 Å². The number of ether oxygens (including phenoxy) is 2. The first-order chi connectivity index (χ1) is 16.2. The van der Waals surface area contributed by atoms with Gasteiger partial charge in [0.2, 0.25) is 5.95 Å². The average molecular weight is 491 g/mol. The summed E-state index contributed by atoms with van der Waals surface area (Å²) < 4.78 is 78.8. The number of anilines is 1. The van der Waals surface area contributed by atoms with Gasteiger partial charge in [0.15, 0.2) is 0 Å². The van der Waals surface area contributed by atoms with Crippen molar-refractivity contribution in [1.29, 1.82) is 0 Å². The predicted octanol–water partition coefficient (Wildman–Crippen LogP) is 4.15. The molecule has 3 aromatic rings. The minimum Gasteiger partial charge on any atom is -0.485 e. The van der Waals surface area contributed by atoms with Crippen LogP contribution < -0.4 is 9.46 Å². The highest BCUT2D eigenvalue weighted by Crippen LogP contribution is 2.44. The van der Waals surface area contributed by atoms with Crippen molar-refractivity contribution in [3.05, 3.63) is 77.1 Å². The molecule has 1 aromatic heterocycles. The highest BCUT2D eigenvalue weighted by molar-refractivity contribution is 7.92. The van der Waals surface area contributed by atoms with Crippen molar-refractivity contribution in [2.45, 2.75) is 35.9 Å². The van der Waals surface area contributed by atoms with E-state index in [4.69, 9.17) is 9.47 Å². The smallest absolute Gasteiger partial charge is 0.416 e. The molecule has 0 unspecified atom stereocenters. The normalized spacial score (nSPS) is 18.3. The van der Waals surface area contributed by atoms with Crippen LogP contribution in [0.2, 0.25) is 0 Å². The molecule has 0 amide bonds. The van der Waals surface area contributed by atoms with E-state index in [1.165, 1.54) is 24.5 Å². The number of benzene rings is 2. The second kappa shape index (κ2) is 8.55. The number of fused-ring (bicyclic) bond motifs is 1. The van der Waals surface area contributed by atoms with Gasteiger partial charge in [-0.15, -0.1) is 0 Å². The summed E-state index contributed by atoms with van der Waals surface area (Å²) in [6.07, 6.45) is -0.717. The van der Waals surface area contributed by atoms with E-state index in [0.717, 1.165) is 23.3 Å². The second-order valence-electron chi connectivity index (χ2n) is 8.16. The third-order valence-electron chi connectivity index (χ3n) is 5.91. The molecule has 0 saturated carbocycles. The van der Waals surface area contributed by atoms with Gasteiger partial charge in [-0.25, -0.2) is 23.1 Å². The molecule has 1 aliphatic carbocycles. The van der Waals surface area contributed by atoms with E-state index in [-0.39, 0.29) is 28.6 Å². The van der Waals surface area contributed by atoms with Gasteiger partial charge < -0.3 is 9.47 Å². The number of hydrogen-bond donors (Lipinski definition) is 1. The van der Waals surface area contributed by atoms with Crippen LogP contribution in [0.1, 0.15) is 34.6 Å². The zero-order valence-electron chi connectivity index (χ0n) is 17.7. The summed E-state index contributed by atoms with van der Waals surface area (Å²) in [7, 11) is -3.90. The van der Waals surface area contributed by atoms with E-state index < -0.39 is 21.8 Å². The van der Waals surface area contributed by atoms with E-state index >= 15 is 0 Å². The maximum absolute atomic E-state index is 13.3. The topological polar surface area (TPSA) is 90.4 Å². The fraction of sp³-hybridized carbons (Fsp3) is 0.304. The molecule has 1 N–H and O–H groups in total. The number of sulfonamides is 1. The molecule has 1 fully saturated rings. The highest BCUT2D eigenvalue weighted by Gasteiger charge is 2.35. The van der Waals surface area contributed by atoms with Crippen molar-refractivity contribution in [2.24, 2.45) is 0 Å². The Morgan fingerprint density at radius 2 is 1.76 bits per heavy atom. The van der Waals surface area contributed by atoms with Gasteiger partial charge in [0.05, 0.1) is 23.7 Å². The molecule has 2 heterocycles. The van der Waals surface area contributed by atoms with Crippen molar-refractivity contribution in [2.75, 3.05) is 17.9 Å². The maximum Gasteiger partial charge on any atom is 0.416 e. The number of nitrogens with one attached hydrogen (secondary N) is 1. The third-order valence-corrected chi connectivity index (χ3v) is 7.24. The fourth-order valence-electron chi connectivity index (χ4n) is 4.18. The summed E-state index contributed by atoms with van der Waals surface area (Å²) in [6.45, 7) is 0.659. The number of aryl methyl sites for hydroxylation is 1. The monoisotopic (exact) mass is 491 g/mol. The largest absolute Gasteiger partial charge is 0.485 e. The van der Waals surface area contributed by atoms with E-state index in [1.54, 1.807) is 18.2 Å². The first kappa shape index (κ1) is 22.6. The summed E-state index contributed by atoms with van der Waals surface area (Å²) in [4.78, 5) is 7.82. The molecular formula is C23H20F3N3O4S. The molecule has 0 radical (unpaired) electrons. The van der Waals surface area contributed by atoms with Crippen LogP contribution in [0, 0.1) is 0 Å². The van der Waals surface area contributed by atoms with E-state index in [0.29, 0.717) is 31.6 Å². The summed E-state index contributed by atoms with van der Waals surface area (Å²) in [5.41, 5.74) is 1.55. The minimum atomic E-state index is -4.49. The first-order valence-corrected chi connectivity index (χ1v) is 12.1. The SMILES string of the molecule is O=S(=O)(Nc1ncccn1)c1ccc2c(c1)CC[C@H]2c1ccc(C(F)(F)F)cc1OC1COC1. The Kier molecular flexibility index (Phi) is 5.68. The molecule has 1 saturated heterocycles. The van der Waals surface area contributed by atoms with E-state index in [2.05, 4.69) is 14.7 Å². The molecule has 0 spiro atoms. The van der Waals surface area contributed by atoms with Gasteiger partial charge in [-0.2, -0.15) is 13.2 Å². The quantitative estimate of drug-likeness (QED) is 0.557. The Bertz CT molecular complexity index is 1310. The van der Waals surface area contributed by atoms with Gasteiger partial charge in [0.1, 0.15) is 11.9 Å². The summed E-state index contributed by atoms with van der Waals surface area (Å²) in [6, 6.07) is 9.90. The Hall–Kier alpha value is -3.18. The molecule has 5 rings (SSSR count). The van der Waals surface area contributed by atoms with Gasteiger partial charge >= 0.3 is 6.18 Å². The zero-order chi connectivity index (χ0) is 23.9. The van der Waals surface area contributed by atoms with Crippen LogP contribution in [0.3, 0.4) is 0 Å². The summed E-state index contributed by atoms with van der Waals surface area (Å²) in [5.74, 6) is -0.0663. The summed E-state index contributed by atoms with van der Waals surface area (Å²) in [5, 5.41) is 0. The molecule has 11 heteroatoms. The Labute approximate surface area is 194 Å². The number of rotatable bonds is 6. The average Bonchev–Trinajstić information content (AvgIpc) is 3.19. The number of hydrogen-bond acceptors (Lipinski definition) is 6. The number of alkyl halides is 3. The minimum absolute atomic E-state index is 0.0348.